The lowest BCUT2D eigenvalue weighted by Crippen LogP contribution is -2.40. The second kappa shape index (κ2) is 9.10. The van der Waals surface area contributed by atoms with E-state index in [1.54, 1.807) is 0 Å². The summed E-state index contributed by atoms with van der Waals surface area (Å²) in [5, 5.41) is 0. The summed E-state index contributed by atoms with van der Waals surface area (Å²) in [6.45, 7) is 4.34. The fraction of sp³-hybridized carbons (Fsp3) is 0.773. The molecular formula is C22H34N4O2. The first kappa shape index (κ1) is 19.5. The Labute approximate surface area is 168 Å². The maximum Gasteiger partial charge on any atom is 0.222 e. The molecule has 1 unspecified atom stereocenters. The summed E-state index contributed by atoms with van der Waals surface area (Å²) < 4.78 is 2.34. The standard InChI is InChI=1S/C22H34N4O2/c27-20-9-1-2-12-24(20)13-5-10-21(28)25-14-4-8-19(17-25)22-23-11-15-26(22)16-18-6-3-7-18/h11,15,18-19H,1-10,12-14,16-17H2. The lowest BCUT2D eigenvalue weighted by molar-refractivity contribution is -0.135. The van der Waals surface area contributed by atoms with Gasteiger partial charge in [-0.15, -0.1) is 0 Å². The molecule has 1 aliphatic carbocycles. The van der Waals surface area contributed by atoms with E-state index in [-0.39, 0.29) is 11.8 Å². The maximum absolute atomic E-state index is 12.7. The number of carbonyl (C=O) groups is 2. The molecule has 6 nitrogen and oxygen atoms in total. The van der Waals surface area contributed by atoms with Gasteiger partial charge >= 0.3 is 0 Å². The average molecular weight is 387 g/mol. The molecule has 6 heteroatoms. The molecule has 154 valence electrons. The lowest BCUT2D eigenvalue weighted by atomic mass is 9.85. The van der Waals surface area contributed by atoms with E-state index < -0.39 is 0 Å². The summed E-state index contributed by atoms with van der Waals surface area (Å²) in [6, 6.07) is 0. The second-order valence-corrected chi connectivity index (χ2v) is 8.86. The lowest BCUT2D eigenvalue weighted by Gasteiger charge is -2.34. The first-order valence-corrected chi connectivity index (χ1v) is 11.3. The number of hydrogen-bond acceptors (Lipinski definition) is 3. The Hall–Kier alpha value is -1.85. The number of rotatable bonds is 7. The van der Waals surface area contributed by atoms with Crippen LogP contribution < -0.4 is 0 Å². The Morgan fingerprint density at radius 1 is 1.11 bits per heavy atom. The van der Waals surface area contributed by atoms with Crippen LogP contribution in [0.5, 0.6) is 0 Å². The minimum absolute atomic E-state index is 0.242. The normalized spacial score (nSPS) is 23.7. The fourth-order valence-corrected chi connectivity index (χ4v) is 4.88. The van der Waals surface area contributed by atoms with Gasteiger partial charge in [0.05, 0.1) is 0 Å². The molecule has 1 atom stereocenters. The highest BCUT2D eigenvalue weighted by Gasteiger charge is 2.28. The number of piperidine rings is 2. The van der Waals surface area contributed by atoms with E-state index in [2.05, 4.69) is 15.7 Å². The van der Waals surface area contributed by atoms with Crippen molar-refractivity contribution in [2.45, 2.75) is 76.7 Å². The predicted molar refractivity (Wildman–Crippen MR) is 108 cm³/mol. The molecule has 2 aliphatic heterocycles. The van der Waals surface area contributed by atoms with Crippen molar-refractivity contribution in [3.05, 3.63) is 18.2 Å². The summed E-state index contributed by atoms with van der Waals surface area (Å²) in [5.41, 5.74) is 0. The zero-order valence-corrected chi connectivity index (χ0v) is 17.0. The van der Waals surface area contributed by atoms with Gasteiger partial charge in [-0.3, -0.25) is 9.59 Å². The number of amides is 2. The Morgan fingerprint density at radius 2 is 2.00 bits per heavy atom. The van der Waals surface area contributed by atoms with Gasteiger partial charge in [0.1, 0.15) is 5.82 Å². The topological polar surface area (TPSA) is 58.4 Å². The third-order valence-electron chi connectivity index (χ3n) is 6.81. The van der Waals surface area contributed by atoms with E-state index in [1.807, 2.05) is 16.0 Å². The number of nitrogens with zero attached hydrogens (tertiary/aromatic N) is 4. The molecule has 2 saturated heterocycles. The van der Waals surface area contributed by atoms with Crippen LogP contribution in [0.15, 0.2) is 12.4 Å². The molecule has 3 heterocycles. The Balaban J connectivity index is 1.27. The quantitative estimate of drug-likeness (QED) is 0.723. The Bertz CT molecular complexity index is 682. The van der Waals surface area contributed by atoms with Gasteiger partial charge in [0.25, 0.3) is 0 Å². The summed E-state index contributed by atoms with van der Waals surface area (Å²) in [7, 11) is 0. The summed E-state index contributed by atoms with van der Waals surface area (Å²) in [4.78, 5) is 33.3. The van der Waals surface area contributed by atoms with E-state index in [0.29, 0.717) is 18.8 Å². The first-order valence-electron chi connectivity index (χ1n) is 11.3. The van der Waals surface area contributed by atoms with Crippen LogP contribution in [0.2, 0.25) is 0 Å². The monoisotopic (exact) mass is 386 g/mol. The third-order valence-corrected chi connectivity index (χ3v) is 6.81. The van der Waals surface area contributed by atoms with Gasteiger partial charge in [0.15, 0.2) is 0 Å². The molecule has 0 bridgehead atoms. The van der Waals surface area contributed by atoms with E-state index in [9.17, 15) is 9.59 Å². The molecule has 0 spiro atoms. The predicted octanol–water partition coefficient (Wildman–Crippen LogP) is 3.18. The van der Waals surface area contributed by atoms with Crippen molar-refractivity contribution in [3.63, 3.8) is 0 Å². The summed E-state index contributed by atoms with van der Waals surface area (Å²) in [5.74, 6) is 2.84. The molecule has 0 aromatic carbocycles. The van der Waals surface area contributed by atoms with Crippen molar-refractivity contribution in [2.75, 3.05) is 26.2 Å². The van der Waals surface area contributed by atoms with Gasteiger partial charge in [-0.2, -0.15) is 0 Å². The van der Waals surface area contributed by atoms with Crippen LogP contribution in [-0.2, 0) is 16.1 Å². The molecule has 1 aromatic rings. The molecule has 3 fully saturated rings. The smallest absolute Gasteiger partial charge is 0.222 e. The fourth-order valence-electron chi connectivity index (χ4n) is 4.88. The number of aromatic nitrogens is 2. The molecule has 4 rings (SSSR count). The highest BCUT2D eigenvalue weighted by Crippen LogP contribution is 2.31. The van der Waals surface area contributed by atoms with Crippen molar-refractivity contribution >= 4 is 11.8 Å². The molecule has 3 aliphatic rings. The van der Waals surface area contributed by atoms with Crippen molar-refractivity contribution in [1.82, 2.24) is 19.4 Å². The summed E-state index contributed by atoms with van der Waals surface area (Å²) in [6.07, 6.45) is 14.4. The molecule has 1 saturated carbocycles. The van der Waals surface area contributed by atoms with Crippen LogP contribution in [0, 0.1) is 5.92 Å². The highest BCUT2D eigenvalue weighted by molar-refractivity contribution is 5.77. The largest absolute Gasteiger partial charge is 0.343 e. The number of carbonyl (C=O) groups excluding carboxylic acids is 2. The van der Waals surface area contributed by atoms with Crippen LogP contribution >= 0.6 is 0 Å². The van der Waals surface area contributed by atoms with Gasteiger partial charge in [-0.25, -0.2) is 4.98 Å². The Morgan fingerprint density at radius 3 is 2.79 bits per heavy atom. The van der Waals surface area contributed by atoms with Crippen molar-refractivity contribution in [2.24, 2.45) is 5.92 Å². The van der Waals surface area contributed by atoms with Crippen molar-refractivity contribution in [1.29, 1.82) is 0 Å². The molecule has 2 amide bonds. The van der Waals surface area contributed by atoms with E-state index >= 15 is 0 Å². The Kier molecular flexibility index (Phi) is 6.33. The number of hydrogen-bond donors (Lipinski definition) is 0. The van der Waals surface area contributed by atoms with Gasteiger partial charge in [0, 0.05) is 63.9 Å². The first-order chi connectivity index (χ1) is 13.7. The number of imidazole rings is 1. The van der Waals surface area contributed by atoms with Gasteiger partial charge in [0.2, 0.25) is 11.8 Å². The summed E-state index contributed by atoms with van der Waals surface area (Å²) >= 11 is 0. The zero-order valence-electron chi connectivity index (χ0n) is 17.0. The zero-order chi connectivity index (χ0) is 19.3. The molecular weight excluding hydrogens is 352 g/mol. The average Bonchev–Trinajstić information content (AvgIpc) is 3.15. The SMILES string of the molecule is O=C1CCCCN1CCCC(=O)N1CCCC(c2nccn2CC2CCC2)C1. The van der Waals surface area contributed by atoms with E-state index in [1.165, 1.54) is 25.1 Å². The van der Waals surface area contributed by atoms with Crippen molar-refractivity contribution in [3.8, 4) is 0 Å². The molecule has 28 heavy (non-hydrogen) atoms. The number of likely N-dealkylation sites (tertiary alicyclic amines) is 2. The van der Waals surface area contributed by atoms with E-state index in [4.69, 9.17) is 0 Å². The van der Waals surface area contributed by atoms with Crippen molar-refractivity contribution < 1.29 is 9.59 Å². The highest BCUT2D eigenvalue weighted by atomic mass is 16.2. The van der Waals surface area contributed by atoms with Crippen LogP contribution in [0.4, 0.5) is 0 Å². The van der Waals surface area contributed by atoms with Gasteiger partial charge < -0.3 is 14.4 Å². The van der Waals surface area contributed by atoms with Gasteiger partial charge in [-0.05, 0) is 50.9 Å². The van der Waals surface area contributed by atoms with Crippen LogP contribution in [-0.4, -0.2) is 57.3 Å². The minimum Gasteiger partial charge on any atom is -0.343 e. The van der Waals surface area contributed by atoms with Crippen LogP contribution in [0.1, 0.15) is 76.0 Å². The second-order valence-electron chi connectivity index (χ2n) is 8.86. The van der Waals surface area contributed by atoms with Crippen LogP contribution in [0.25, 0.3) is 0 Å². The molecule has 0 N–H and O–H groups in total. The van der Waals surface area contributed by atoms with Gasteiger partial charge in [-0.1, -0.05) is 6.42 Å². The maximum atomic E-state index is 12.7. The molecule has 0 radical (unpaired) electrons. The minimum atomic E-state index is 0.242. The van der Waals surface area contributed by atoms with E-state index in [0.717, 1.165) is 70.7 Å². The van der Waals surface area contributed by atoms with Crippen LogP contribution in [0.3, 0.4) is 0 Å². The molecule has 1 aromatic heterocycles. The third kappa shape index (κ3) is 4.58.